The molecule has 128 valence electrons. The maximum Gasteiger partial charge on any atom is 0.254 e. The highest BCUT2D eigenvalue weighted by Crippen LogP contribution is 2.25. The summed E-state index contributed by atoms with van der Waals surface area (Å²) >= 11 is 0. The predicted molar refractivity (Wildman–Crippen MR) is 98.6 cm³/mol. The number of hydrogen-bond donors (Lipinski definition) is 0. The molecule has 0 saturated heterocycles. The molecule has 0 fully saturated rings. The van der Waals surface area contributed by atoms with Crippen molar-refractivity contribution in [3.8, 4) is 0 Å². The van der Waals surface area contributed by atoms with Crippen LogP contribution in [0, 0.1) is 0 Å². The number of fused-ring (bicyclic) bond motifs is 1. The third-order valence-electron chi connectivity index (χ3n) is 4.63. The molecule has 1 amide bonds. The smallest absolute Gasteiger partial charge is 0.254 e. The van der Waals surface area contributed by atoms with Crippen LogP contribution in [0.1, 0.15) is 35.3 Å². The van der Waals surface area contributed by atoms with Crippen molar-refractivity contribution in [3.63, 3.8) is 0 Å². The second-order valence-corrected chi connectivity index (χ2v) is 6.10. The van der Waals surface area contributed by atoms with Crippen LogP contribution < -0.4 is 5.56 Å². The number of pyridine rings is 2. The van der Waals surface area contributed by atoms with E-state index in [-0.39, 0.29) is 17.5 Å². The average molecular weight is 335 g/mol. The molecule has 2 aromatic heterocycles. The largest absolute Gasteiger partial charge is 0.335 e. The van der Waals surface area contributed by atoms with E-state index < -0.39 is 0 Å². The van der Waals surface area contributed by atoms with Gasteiger partial charge in [-0.3, -0.25) is 14.6 Å². The van der Waals surface area contributed by atoms with Gasteiger partial charge in [-0.2, -0.15) is 0 Å². The zero-order chi connectivity index (χ0) is 18.0. The van der Waals surface area contributed by atoms with E-state index in [2.05, 4.69) is 4.98 Å². The second kappa shape index (κ2) is 6.89. The minimum atomic E-state index is -0.190. The Bertz CT molecular complexity index is 964. The summed E-state index contributed by atoms with van der Waals surface area (Å²) in [7, 11) is 3.49. The van der Waals surface area contributed by atoms with Gasteiger partial charge in [-0.25, -0.2) is 0 Å². The number of carbonyl (C=O) groups is 1. The van der Waals surface area contributed by atoms with Crippen molar-refractivity contribution in [3.05, 3.63) is 76.3 Å². The molecule has 0 saturated carbocycles. The molecule has 0 aliphatic heterocycles. The molecule has 2 heterocycles. The Morgan fingerprint density at radius 1 is 1.24 bits per heavy atom. The molecule has 1 atom stereocenters. The molecule has 0 aliphatic carbocycles. The van der Waals surface area contributed by atoms with E-state index in [1.807, 2.05) is 43.3 Å². The van der Waals surface area contributed by atoms with E-state index in [1.54, 1.807) is 36.0 Å². The quantitative estimate of drug-likeness (QED) is 0.736. The number of para-hydroxylation sites is 1. The first-order chi connectivity index (χ1) is 12.0. The first-order valence-electron chi connectivity index (χ1n) is 8.30. The standard InChI is InChI=1S/C20H21N3O2/c1-4-17(14-8-7-11-21-13-14)23(3)20(25)16-12-19(24)22(2)18-10-6-5-9-15(16)18/h5-13,17H,4H2,1-3H3. The lowest BCUT2D eigenvalue weighted by molar-refractivity contribution is 0.0727. The summed E-state index contributed by atoms with van der Waals surface area (Å²) in [6.45, 7) is 2.03. The molecule has 5 nitrogen and oxygen atoms in total. The van der Waals surface area contributed by atoms with Gasteiger partial charge in [-0.15, -0.1) is 0 Å². The molecule has 25 heavy (non-hydrogen) atoms. The Morgan fingerprint density at radius 3 is 2.68 bits per heavy atom. The van der Waals surface area contributed by atoms with E-state index in [1.165, 1.54) is 6.07 Å². The average Bonchev–Trinajstić information content (AvgIpc) is 2.65. The molecule has 0 spiro atoms. The zero-order valence-electron chi connectivity index (χ0n) is 14.6. The molecule has 0 radical (unpaired) electrons. The predicted octanol–water partition coefficient (Wildman–Crippen LogP) is 3.16. The van der Waals surface area contributed by atoms with E-state index in [0.717, 1.165) is 22.9 Å². The Labute approximate surface area is 146 Å². The Balaban J connectivity index is 2.08. The highest BCUT2D eigenvalue weighted by molar-refractivity contribution is 6.06. The van der Waals surface area contributed by atoms with Crippen molar-refractivity contribution in [2.75, 3.05) is 7.05 Å². The van der Waals surface area contributed by atoms with Crippen LogP contribution in [0.15, 0.2) is 59.7 Å². The Hall–Kier alpha value is -2.95. The summed E-state index contributed by atoms with van der Waals surface area (Å²) in [5.41, 5.74) is 1.98. The van der Waals surface area contributed by atoms with Gasteiger partial charge in [0.25, 0.3) is 11.5 Å². The fraction of sp³-hybridized carbons (Fsp3) is 0.250. The van der Waals surface area contributed by atoms with Crippen molar-refractivity contribution in [1.29, 1.82) is 0 Å². The minimum Gasteiger partial charge on any atom is -0.335 e. The van der Waals surface area contributed by atoms with Crippen molar-refractivity contribution in [2.24, 2.45) is 7.05 Å². The van der Waals surface area contributed by atoms with E-state index >= 15 is 0 Å². The zero-order valence-corrected chi connectivity index (χ0v) is 14.6. The summed E-state index contributed by atoms with van der Waals surface area (Å²) < 4.78 is 1.56. The van der Waals surface area contributed by atoms with Crippen molar-refractivity contribution in [1.82, 2.24) is 14.5 Å². The molecular weight excluding hydrogens is 314 g/mol. The Kier molecular flexibility index (Phi) is 4.65. The maximum absolute atomic E-state index is 13.2. The van der Waals surface area contributed by atoms with Gasteiger partial charge in [0, 0.05) is 37.9 Å². The minimum absolute atomic E-state index is 0.0935. The van der Waals surface area contributed by atoms with Gasteiger partial charge in [0.15, 0.2) is 0 Å². The van der Waals surface area contributed by atoms with Crippen molar-refractivity contribution >= 4 is 16.8 Å². The summed E-state index contributed by atoms with van der Waals surface area (Å²) in [4.78, 5) is 31.3. The van der Waals surface area contributed by atoms with E-state index in [4.69, 9.17) is 0 Å². The molecule has 3 aromatic rings. The number of nitrogens with zero attached hydrogens (tertiary/aromatic N) is 3. The second-order valence-electron chi connectivity index (χ2n) is 6.10. The van der Waals surface area contributed by atoms with Gasteiger partial charge >= 0.3 is 0 Å². The van der Waals surface area contributed by atoms with E-state index in [9.17, 15) is 9.59 Å². The van der Waals surface area contributed by atoms with Crippen LogP contribution in [0.2, 0.25) is 0 Å². The van der Waals surface area contributed by atoms with Crippen LogP contribution in [-0.2, 0) is 7.05 Å². The summed E-state index contributed by atoms with van der Waals surface area (Å²) in [6.07, 6.45) is 4.25. The highest BCUT2D eigenvalue weighted by atomic mass is 16.2. The highest BCUT2D eigenvalue weighted by Gasteiger charge is 2.23. The van der Waals surface area contributed by atoms with E-state index in [0.29, 0.717) is 5.56 Å². The number of benzene rings is 1. The Morgan fingerprint density at radius 2 is 2.00 bits per heavy atom. The first-order valence-corrected chi connectivity index (χ1v) is 8.30. The molecule has 1 aromatic carbocycles. The number of carbonyl (C=O) groups excluding carboxylic acids is 1. The number of rotatable bonds is 4. The lowest BCUT2D eigenvalue weighted by Crippen LogP contribution is -2.32. The third-order valence-corrected chi connectivity index (χ3v) is 4.63. The fourth-order valence-electron chi connectivity index (χ4n) is 3.23. The number of amides is 1. The molecule has 5 heteroatoms. The van der Waals surface area contributed by atoms with Gasteiger partial charge in [0.05, 0.1) is 17.1 Å². The molecule has 1 unspecified atom stereocenters. The van der Waals surface area contributed by atoms with Crippen molar-refractivity contribution < 1.29 is 4.79 Å². The van der Waals surface area contributed by atoms with Gasteiger partial charge in [0.2, 0.25) is 0 Å². The monoisotopic (exact) mass is 335 g/mol. The molecule has 0 aliphatic rings. The number of hydrogen-bond acceptors (Lipinski definition) is 3. The van der Waals surface area contributed by atoms with Gasteiger partial charge in [-0.05, 0) is 24.1 Å². The van der Waals surface area contributed by atoms with Crippen LogP contribution >= 0.6 is 0 Å². The SMILES string of the molecule is CCC(c1cccnc1)N(C)C(=O)c1cc(=O)n(C)c2ccccc12. The summed E-state index contributed by atoms with van der Waals surface area (Å²) in [5, 5.41) is 0.780. The van der Waals surface area contributed by atoms with Gasteiger partial charge < -0.3 is 9.47 Å². The summed E-state index contributed by atoms with van der Waals surface area (Å²) in [6, 6.07) is 12.6. The molecule has 3 rings (SSSR count). The van der Waals surface area contributed by atoms with Crippen LogP contribution in [0.3, 0.4) is 0 Å². The van der Waals surface area contributed by atoms with Crippen LogP contribution in [0.5, 0.6) is 0 Å². The van der Waals surface area contributed by atoms with Crippen molar-refractivity contribution in [2.45, 2.75) is 19.4 Å². The third kappa shape index (κ3) is 3.05. The normalized spacial score (nSPS) is 12.1. The molecular formula is C20H21N3O2. The molecule has 0 bridgehead atoms. The van der Waals surface area contributed by atoms with Crippen LogP contribution in [0.4, 0.5) is 0 Å². The fourth-order valence-corrected chi connectivity index (χ4v) is 3.23. The summed E-state index contributed by atoms with van der Waals surface area (Å²) in [5.74, 6) is -0.162. The molecule has 0 N–H and O–H groups in total. The number of aromatic nitrogens is 2. The lowest BCUT2D eigenvalue weighted by atomic mass is 10.0. The first kappa shape index (κ1) is 16.9. The maximum atomic E-state index is 13.2. The number of aryl methyl sites for hydroxylation is 1. The van der Waals surface area contributed by atoms with Crippen LogP contribution in [0.25, 0.3) is 10.9 Å². The lowest BCUT2D eigenvalue weighted by Gasteiger charge is -2.28. The van der Waals surface area contributed by atoms with Gasteiger partial charge in [0.1, 0.15) is 0 Å². The topological polar surface area (TPSA) is 55.2 Å². The van der Waals surface area contributed by atoms with Crippen LogP contribution in [-0.4, -0.2) is 27.4 Å². The van der Waals surface area contributed by atoms with Gasteiger partial charge in [-0.1, -0.05) is 31.2 Å².